The molecule has 2 unspecified atom stereocenters. The van der Waals surface area contributed by atoms with E-state index in [1.165, 1.54) is 19.3 Å². The zero-order valence-corrected chi connectivity index (χ0v) is 20.9. The summed E-state index contributed by atoms with van der Waals surface area (Å²) in [5, 5.41) is 7.74. The third kappa shape index (κ3) is 4.75. The van der Waals surface area contributed by atoms with Crippen LogP contribution in [0.1, 0.15) is 77.1 Å². The van der Waals surface area contributed by atoms with Gasteiger partial charge in [0.05, 0.1) is 18.4 Å². The third-order valence-electron chi connectivity index (χ3n) is 8.04. The maximum Gasteiger partial charge on any atom is 0.258 e. The Morgan fingerprint density at radius 2 is 1.94 bits per heavy atom. The zero-order valence-electron chi connectivity index (χ0n) is 20.9. The molecule has 4 fully saturated rings. The average molecular weight is 458 g/mol. The van der Waals surface area contributed by atoms with Crippen LogP contribution in [0, 0.1) is 29.1 Å². The van der Waals surface area contributed by atoms with Crippen molar-refractivity contribution in [3.8, 4) is 5.88 Å². The second-order valence-electron chi connectivity index (χ2n) is 11.5. The third-order valence-corrected chi connectivity index (χ3v) is 8.04. The molecule has 0 aromatic carbocycles. The first-order valence-electron chi connectivity index (χ1n) is 12.3. The lowest BCUT2D eigenvalue weighted by Gasteiger charge is -2.59. The molecule has 182 valence electrons. The lowest BCUT2D eigenvalue weighted by atomic mass is 9.52. The van der Waals surface area contributed by atoms with Gasteiger partial charge in [0.15, 0.2) is 0 Å². The van der Waals surface area contributed by atoms with Gasteiger partial charge in [0, 0.05) is 24.8 Å². The van der Waals surface area contributed by atoms with E-state index in [0.717, 1.165) is 18.8 Å². The maximum atomic E-state index is 13.4. The Hall–Kier alpha value is -2.15. The lowest BCUT2D eigenvalue weighted by molar-refractivity contribution is -0.156. The summed E-state index contributed by atoms with van der Waals surface area (Å²) in [5.74, 6) is 2.30. The number of ether oxygens (including phenoxy) is 2. The summed E-state index contributed by atoms with van der Waals surface area (Å²) in [4.78, 5) is 25.3. The van der Waals surface area contributed by atoms with Crippen molar-refractivity contribution in [2.75, 3.05) is 13.7 Å². The second kappa shape index (κ2) is 8.90. The first-order chi connectivity index (χ1) is 15.5. The van der Waals surface area contributed by atoms with Gasteiger partial charge in [-0.25, -0.2) is 4.68 Å². The van der Waals surface area contributed by atoms with Crippen LogP contribution in [0.3, 0.4) is 0 Å². The Labute approximate surface area is 197 Å². The monoisotopic (exact) mass is 457 g/mol. The number of allylic oxidation sites excluding steroid dienone is 1. The van der Waals surface area contributed by atoms with E-state index in [1.807, 2.05) is 21.0 Å². The Morgan fingerprint density at radius 1 is 1.27 bits per heavy atom. The highest BCUT2D eigenvalue weighted by molar-refractivity contribution is 5.96. The fourth-order valence-electron chi connectivity index (χ4n) is 6.04. The molecule has 33 heavy (non-hydrogen) atoms. The summed E-state index contributed by atoms with van der Waals surface area (Å²) in [5.41, 5.74) is -0.166. The molecule has 1 aromatic heterocycles. The van der Waals surface area contributed by atoms with Crippen LogP contribution < -0.4 is 10.1 Å². The molecule has 5 rings (SSSR count). The van der Waals surface area contributed by atoms with Gasteiger partial charge in [-0.05, 0) is 76.5 Å². The van der Waals surface area contributed by atoms with E-state index in [4.69, 9.17) is 9.47 Å². The summed E-state index contributed by atoms with van der Waals surface area (Å²) in [6.07, 6.45) is 10.7. The summed E-state index contributed by atoms with van der Waals surface area (Å²) >= 11 is 0. The Kier molecular flexibility index (Phi) is 6.47. The molecular weight excluding hydrogens is 418 g/mol. The molecule has 7 heteroatoms. The van der Waals surface area contributed by atoms with Crippen LogP contribution in [0.5, 0.6) is 5.88 Å². The van der Waals surface area contributed by atoms with Crippen LogP contribution in [-0.4, -0.2) is 46.8 Å². The van der Waals surface area contributed by atoms with Gasteiger partial charge in [0.1, 0.15) is 11.3 Å². The molecule has 0 aliphatic heterocycles. The van der Waals surface area contributed by atoms with Gasteiger partial charge in [-0.15, -0.1) is 0 Å². The van der Waals surface area contributed by atoms with E-state index < -0.39 is 5.41 Å². The summed E-state index contributed by atoms with van der Waals surface area (Å²) in [7, 11) is 1.84. The van der Waals surface area contributed by atoms with Crippen LogP contribution in [0.25, 0.3) is 6.20 Å². The van der Waals surface area contributed by atoms with Gasteiger partial charge in [0.25, 0.3) is 5.91 Å². The predicted molar refractivity (Wildman–Crippen MR) is 127 cm³/mol. The predicted octanol–water partition coefficient (Wildman–Crippen LogP) is 4.33. The minimum atomic E-state index is -0.624. The van der Waals surface area contributed by atoms with E-state index in [2.05, 4.69) is 24.3 Å². The number of hydrogen-bond donors (Lipinski definition) is 1. The number of nitrogens with one attached hydrogen (secondary N) is 1. The van der Waals surface area contributed by atoms with Gasteiger partial charge < -0.3 is 14.8 Å². The number of carbonyl (C=O) groups excluding carboxylic acids is 2. The number of ketones is 1. The molecular formula is C26H39N3O4. The molecule has 0 radical (unpaired) electrons. The number of amides is 1. The highest BCUT2D eigenvalue weighted by Crippen LogP contribution is 2.57. The van der Waals surface area contributed by atoms with E-state index in [-0.39, 0.29) is 23.3 Å². The molecule has 2 atom stereocenters. The maximum absolute atomic E-state index is 13.4. The molecule has 0 saturated heterocycles. The first kappa shape index (κ1) is 24.0. The van der Waals surface area contributed by atoms with Crippen molar-refractivity contribution in [2.24, 2.45) is 29.1 Å². The molecule has 1 aromatic rings. The molecule has 4 bridgehead atoms. The number of hydrogen-bond acceptors (Lipinski definition) is 5. The number of aromatic nitrogens is 2. The molecule has 1 amide bonds. The van der Waals surface area contributed by atoms with E-state index in [1.54, 1.807) is 30.1 Å². The normalized spacial score (nSPS) is 30.9. The van der Waals surface area contributed by atoms with Gasteiger partial charge >= 0.3 is 0 Å². The second-order valence-corrected chi connectivity index (χ2v) is 11.5. The molecule has 1 heterocycles. The number of methoxy groups -OCH3 is 1. The van der Waals surface area contributed by atoms with Crippen LogP contribution in [0.15, 0.2) is 12.3 Å². The Bertz CT molecular complexity index is 916. The lowest BCUT2D eigenvalue weighted by Crippen LogP contribution is -2.62. The summed E-state index contributed by atoms with van der Waals surface area (Å²) in [6.45, 7) is 9.89. The number of Topliss-reactive ketones (excluding diaryl/α,β-unsaturated/α-hetero) is 1. The quantitative estimate of drug-likeness (QED) is 0.597. The smallest absolute Gasteiger partial charge is 0.258 e. The van der Waals surface area contributed by atoms with Crippen molar-refractivity contribution in [1.29, 1.82) is 0 Å². The Balaban J connectivity index is 1.54. The molecule has 7 nitrogen and oxygen atoms in total. The van der Waals surface area contributed by atoms with Crippen LogP contribution in [-0.2, 0) is 9.53 Å². The van der Waals surface area contributed by atoms with Crippen molar-refractivity contribution in [3.05, 3.63) is 17.8 Å². The van der Waals surface area contributed by atoms with Crippen molar-refractivity contribution < 1.29 is 19.1 Å². The van der Waals surface area contributed by atoms with Gasteiger partial charge in [-0.1, -0.05) is 19.9 Å². The number of rotatable bonds is 9. The Morgan fingerprint density at radius 3 is 2.52 bits per heavy atom. The van der Waals surface area contributed by atoms with Crippen molar-refractivity contribution in [3.63, 3.8) is 0 Å². The molecule has 4 saturated carbocycles. The number of nitrogens with zero attached hydrogens (tertiary/aromatic N) is 2. The van der Waals surface area contributed by atoms with Crippen LogP contribution >= 0.6 is 0 Å². The number of carbonyl (C=O) groups is 2. The fourth-order valence-corrected chi connectivity index (χ4v) is 6.04. The van der Waals surface area contributed by atoms with Gasteiger partial charge in [-0.3, -0.25) is 9.59 Å². The highest BCUT2D eigenvalue weighted by Gasteiger charge is 2.56. The van der Waals surface area contributed by atoms with Gasteiger partial charge in [-0.2, -0.15) is 5.10 Å². The molecule has 4 aliphatic rings. The van der Waals surface area contributed by atoms with Crippen molar-refractivity contribution >= 4 is 17.9 Å². The largest absolute Gasteiger partial charge is 0.477 e. The minimum absolute atomic E-state index is 0.0163. The van der Waals surface area contributed by atoms with Gasteiger partial charge in [0.2, 0.25) is 5.88 Å². The fraction of sp³-hybridized carbons (Fsp3) is 0.731. The standard InChI is InChI=1S/C26H39N3O4/c1-16(2)15-33-24-21(14-27-29(24)8-7-25(4,5)17(3)30)23(31)28-22-19-9-18-10-20(22)13-26(11-18,12-19)32-6/h7-8,14,16,18-20,22H,9-13,15H2,1-6H3,(H,28,31)/b8-7+. The molecule has 0 spiro atoms. The SMILES string of the molecule is COC12CC3CC(C1)C(NC(=O)c1cnn(/C=C/C(C)(C)C(C)=O)c1OCC(C)C)C(C3)C2. The topological polar surface area (TPSA) is 82.5 Å². The zero-order chi connectivity index (χ0) is 24.0. The average Bonchev–Trinajstić information content (AvgIpc) is 3.15. The summed E-state index contributed by atoms with van der Waals surface area (Å²) in [6, 6.07) is 0.172. The van der Waals surface area contributed by atoms with E-state index in [0.29, 0.717) is 35.8 Å². The van der Waals surface area contributed by atoms with Crippen molar-refractivity contribution in [2.45, 2.75) is 78.4 Å². The van der Waals surface area contributed by atoms with E-state index >= 15 is 0 Å². The van der Waals surface area contributed by atoms with Crippen LogP contribution in [0.2, 0.25) is 0 Å². The van der Waals surface area contributed by atoms with Crippen molar-refractivity contribution in [1.82, 2.24) is 15.1 Å². The minimum Gasteiger partial charge on any atom is -0.477 e. The van der Waals surface area contributed by atoms with E-state index in [9.17, 15) is 9.59 Å². The molecule has 4 aliphatic carbocycles. The summed E-state index contributed by atoms with van der Waals surface area (Å²) < 4.78 is 13.6. The van der Waals surface area contributed by atoms with Crippen LogP contribution in [0.4, 0.5) is 0 Å². The first-order valence-corrected chi connectivity index (χ1v) is 12.3. The highest BCUT2D eigenvalue weighted by atomic mass is 16.5. The molecule has 1 N–H and O–H groups in total.